The van der Waals surface area contributed by atoms with Crippen molar-refractivity contribution in [2.75, 3.05) is 17.2 Å². The van der Waals surface area contributed by atoms with Crippen LogP contribution in [0.5, 0.6) is 0 Å². The van der Waals surface area contributed by atoms with Crippen LogP contribution in [0, 0.1) is 6.92 Å². The summed E-state index contributed by atoms with van der Waals surface area (Å²) in [5, 5.41) is 0.0459. The van der Waals surface area contributed by atoms with Crippen LogP contribution in [0.2, 0.25) is 0 Å². The molecular formula is C17H18N2OS2. The third-order valence-corrected chi connectivity index (χ3v) is 5.46. The molecule has 0 radical (unpaired) electrons. The largest absolute Gasteiger partial charge is 0.339 e. The summed E-state index contributed by atoms with van der Waals surface area (Å²) in [6.07, 6.45) is 4.09. The number of carbonyl (C=O) groups is 1. The first-order valence-electron chi connectivity index (χ1n) is 7.38. The Kier molecular flexibility index (Phi) is 4.45. The minimum Gasteiger partial charge on any atom is -0.339 e. The zero-order chi connectivity index (χ0) is 15.7. The number of allylic oxidation sites excluding steroid dienone is 1. The molecular weight excluding hydrogens is 312 g/mol. The van der Waals surface area contributed by atoms with Crippen LogP contribution in [0.1, 0.15) is 25.0 Å². The molecule has 1 aromatic carbocycles. The van der Waals surface area contributed by atoms with Crippen molar-refractivity contribution in [1.29, 1.82) is 0 Å². The summed E-state index contributed by atoms with van der Waals surface area (Å²) in [5.74, 6) is 0.928. The number of thioether (sulfide) groups is 2. The second-order valence-electron chi connectivity index (χ2n) is 5.07. The average Bonchev–Trinajstić information content (AvgIpc) is 2.86. The SMILES string of the molecule is CCSC1=NC(=C2C=Cc3cc(C)ccc3N2CC)C(=O)S1. The van der Waals surface area contributed by atoms with Gasteiger partial charge in [-0.25, -0.2) is 4.99 Å². The molecule has 2 heterocycles. The Morgan fingerprint density at radius 2 is 2.09 bits per heavy atom. The number of hydrogen-bond acceptors (Lipinski definition) is 5. The average molecular weight is 330 g/mol. The Morgan fingerprint density at radius 1 is 1.27 bits per heavy atom. The van der Waals surface area contributed by atoms with Gasteiger partial charge in [0, 0.05) is 12.2 Å². The van der Waals surface area contributed by atoms with Crippen molar-refractivity contribution in [1.82, 2.24) is 0 Å². The van der Waals surface area contributed by atoms with E-state index in [2.05, 4.69) is 54.9 Å². The standard InChI is InChI=1S/C17H18N2OS2/c1-4-19-13-8-6-11(3)10-12(13)7-9-14(19)15-16(20)22-17(18-15)21-5-2/h6-10H,4-5H2,1-3H3. The Morgan fingerprint density at radius 3 is 2.82 bits per heavy atom. The highest BCUT2D eigenvalue weighted by Crippen LogP contribution is 2.37. The molecule has 114 valence electrons. The number of anilines is 1. The third-order valence-electron chi connectivity index (χ3n) is 3.59. The van der Waals surface area contributed by atoms with Crippen molar-refractivity contribution in [3.05, 3.63) is 46.8 Å². The predicted octanol–water partition coefficient (Wildman–Crippen LogP) is 4.44. The monoisotopic (exact) mass is 330 g/mol. The number of nitrogens with zero attached hydrogens (tertiary/aromatic N) is 2. The molecule has 2 aliphatic heterocycles. The molecule has 0 atom stereocenters. The van der Waals surface area contributed by atoms with E-state index in [0.29, 0.717) is 5.70 Å². The van der Waals surface area contributed by atoms with Gasteiger partial charge >= 0.3 is 0 Å². The van der Waals surface area contributed by atoms with Crippen molar-refractivity contribution >= 4 is 44.8 Å². The van der Waals surface area contributed by atoms with E-state index >= 15 is 0 Å². The molecule has 2 aliphatic rings. The molecule has 0 spiro atoms. The van der Waals surface area contributed by atoms with E-state index in [4.69, 9.17) is 0 Å². The summed E-state index contributed by atoms with van der Waals surface area (Å²) in [6, 6.07) is 6.40. The number of likely N-dealkylation sites (N-methyl/N-ethyl adjacent to an activating group) is 1. The van der Waals surface area contributed by atoms with E-state index in [0.717, 1.165) is 28.1 Å². The highest BCUT2D eigenvalue weighted by atomic mass is 32.2. The smallest absolute Gasteiger partial charge is 0.246 e. The summed E-state index contributed by atoms with van der Waals surface area (Å²) < 4.78 is 0.856. The fourth-order valence-corrected chi connectivity index (χ4v) is 4.39. The Bertz CT molecular complexity index is 719. The van der Waals surface area contributed by atoms with Crippen LogP contribution in [-0.2, 0) is 4.79 Å². The molecule has 0 saturated heterocycles. The van der Waals surface area contributed by atoms with E-state index in [1.54, 1.807) is 11.8 Å². The lowest BCUT2D eigenvalue weighted by Crippen LogP contribution is -2.25. The maximum Gasteiger partial charge on any atom is 0.246 e. The molecule has 3 nitrogen and oxygen atoms in total. The fourth-order valence-electron chi connectivity index (χ4n) is 2.62. The Balaban J connectivity index is 2.08. The number of aliphatic imine (C=N–C) groups is 1. The first-order chi connectivity index (χ1) is 10.6. The lowest BCUT2D eigenvalue weighted by atomic mass is 10.0. The summed E-state index contributed by atoms with van der Waals surface area (Å²) in [7, 11) is 0. The predicted molar refractivity (Wildman–Crippen MR) is 98.4 cm³/mol. The van der Waals surface area contributed by atoms with Crippen LogP contribution in [0.25, 0.3) is 6.08 Å². The van der Waals surface area contributed by atoms with Crippen molar-refractivity contribution in [3.8, 4) is 0 Å². The number of fused-ring (bicyclic) bond motifs is 1. The Hall–Kier alpha value is -1.46. The van der Waals surface area contributed by atoms with Gasteiger partial charge in [0.2, 0.25) is 5.12 Å². The molecule has 3 rings (SSSR count). The van der Waals surface area contributed by atoms with Gasteiger partial charge in [0.05, 0.1) is 5.70 Å². The van der Waals surface area contributed by atoms with E-state index in [1.165, 1.54) is 22.9 Å². The van der Waals surface area contributed by atoms with Gasteiger partial charge in [0.15, 0.2) is 0 Å². The van der Waals surface area contributed by atoms with E-state index in [1.807, 2.05) is 6.08 Å². The van der Waals surface area contributed by atoms with Gasteiger partial charge in [0.1, 0.15) is 10.1 Å². The van der Waals surface area contributed by atoms with Gasteiger partial charge in [-0.15, -0.1) is 0 Å². The van der Waals surface area contributed by atoms with Gasteiger partial charge in [-0.05, 0) is 55.1 Å². The minimum absolute atomic E-state index is 0.0459. The normalized spacial score (nSPS) is 20.4. The fraction of sp³-hybridized carbons (Fsp3) is 0.294. The molecule has 0 aromatic heterocycles. The van der Waals surface area contributed by atoms with Gasteiger partial charge in [-0.3, -0.25) is 4.79 Å². The van der Waals surface area contributed by atoms with Crippen molar-refractivity contribution in [3.63, 3.8) is 0 Å². The van der Waals surface area contributed by atoms with Crippen LogP contribution in [-0.4, -0.2) is 21.8 Å². The van der Waals surface area contributed by atoms with E-state index < -0.39 is 0 Å². The van der Waals surface area contributed by atoms with Crippen LogP contribution in [0.4, 0.5) is 5.69 Å². The number of rotatable bonds is 2. The second kappa shape index (κ2) is 6.34. The third kappa shape index (κ3) is 2.75. The zero-order valence-corrected chi connectivity index (χ0v) is 14.6. The molecule has 5 heteroatoms. The molecule has 0 saturated carbocycles. The van der Waals surface area contributed by atoms with Crippen LogP contribution < -0.4 is 4.90 Å². The molecule has 1 aromatic rings. The van der Waals surface area contributed by atoms with Crippen LogP contribution in [0.3, 0.4) is 0 Å². The molecule has 0 amide bonds. The first-order valence-corrected chi connectivity index (χ1v) is 9.18. The topological polar surface area (TPSA) is 32.7 Å². The molecule has 0 fully saturated rings. The molecule has 0 N–H and O–H groups in total. The maximum absolute atomic E-state index is 12.3. The Labute approximate surface area is 139 Å². The van der Waals surface area contributed by atoms with Gasteiger partial charge in [-0.2, -0.15) is 0 Å². The van der Waals surface area contributed by atoms with E-state index in [9.17, 15) is 4.79 Å². The number of carbonyl (C=O) groups excluding carboxylic acids is 1. The quantitative estimate of drug-likeness (QED) is 0.750. The molecule has 22 heavy (non-hydrogen) atoms. The number of hydrogen-bond donors (Lipinski definition) is 0. The van der Waals surface area contributed by atoms with Crippen LogP contribution in [0.15, 0.2) is 40.7 Å². The first kappa shape index (κ1) is 15.4. The summed E-state index contributed by atoms with van der Waals surface area (Å²) in [5.41, 5.74) is 5.05. The molecule has 0 bridgehead atoms. The van der Waals surface area contributed by atoms with E-state index in [-0.39, 0.29) is 5.12 Å². The van der Waals surface area contributed by atoms with Crippen molar-refractivity contribution < 1.29 is 4.79 Å². The lowest BCUT2D eigenvalue weighted by molar-refractivity contribution is -0.107. The molecule has 0 aliphatic carbocycles. The highest BCUT2D eigenvalue weighted by molar-refractivity contribution is 8.45. The van der Waals surface area contributed by atoms with Crippen molar-refractivity contribution in [2.45, 2.75) is 20.8 Å². The number of benzene rings is 1. The lowest BCUT2D eigenvalue weighted by Gasteiger charge is -2.30. The van der Waals surface area contributed by atoms with Gasteiger partial charge < -0.3 is 4.90 Å². The minimum atomic E-state index is 0.0459. The zero-order valence-electron chi connectivity index (χ0n) is 12.9. The van der Waals surface area contributed by atoms with Gasteiger partial charge in [0.25, 0.3) is 0 Å². The van der Waals surface area contributed by atoms with Gasteiger partial charge in [-0.1, -0.05) is 36.4 Å². The summed E-state index contributed by atoms with van der Waals surface area (Å²) in [6.45, 7) is 7.07. The van der Waals surface area contributed by atoms with Crippen LogP contribution >= 0.6 is 23.5 Å². The molecule has 0 unspecified atom stereocenters. The summed E-state index contributed by atoms with van der Waals surface area (Å²) in [4.78, 5) is 19.0. The summed E-state index contributed by atoms with van der Waals surface area (Å²) >= 11 is 2.87. The van der Waals surface area contributed by atoms with Crippen molar-refractivity contribution in [2.24, 2.45) is 4.99 Å². The highest BCUT2D eigenvalue weighted by Gasteiger charge is 2.28. The maximum atomic E-state index is 12.3. The second-order valence-corrected chi connectivity index (χ2v) is 7.55. The number of aryl methyl sites for hydroxylation is 1.